The molecule has 3 atom stereocenters. The number of hydrogen-bond donors (Lipinski definition) is 0. The summed E-state index contributed by atoms with van der Waals surface area (Å²) in [6.07, 6.45) is 3.65. The maximum atomic E-state index is 10.9. The number of anilines is 1. The predicted molar refractivity (Wildman–Crippen MR) is 105 cm³/mol. The molecule has 0 radical (unpaired) electrons. The van der Waals surface area contributed by atoms with Crippen LogP contribution in [0.4, 0.5) is 11.4 Å². The number of non-ortho nitro benzene ring substituents is 1. The van der Waals surface area contributed by atoms with Gasteiger partial charge in [-0.05, 0) is 37.8 Å². The van der Waals surface area contributed by atoms with Gasteiger partial charge in [0.25, 0.3) is 5.69 Å². The van der Waals surface area contributed by atoms with E-state index >= 15 is 0 Å². The molecule has 25 heavy (non-hydrogen) atoms. The molecule has 1 aromatic carbocycles. The highest BCUT2D eigenvalue weighted by Crippen LogP contribution is 2.56. The van der Waals surface area contributed by atoms with E-state index in [1.54, 1.807) is 12.1 Å². The van der Waals surface area contributed by atoms with Crippen molar-refractivity contribution in [2.75, 3.05) is 17.2 Å². The molecule has 0 saturated carbocycles. The second-order valence-electron chi connectivity index (χ2n) is 7.74. The van der Waals surface area contributed by atoms with Crippen LogP contribution in [0.15, 0.2) is 24.3 Å². The number of nitro groups is 1. The van der Waals surface area contributed by atoms with Crippen LogP contribution in [0.5, 0.6) is 0 Å². The van der Waals surface area contributed by atoms with E-state index in [0.717, 1.165) is 12.2 Å². The molecule has 2 aliphatic heterocycles. The minimum absolute atomic E-state index is 0.0598. The minimum atomic E-state index is -0.333. The zero-order valence-corrected chi connectivity index (χ0v) is 16.5. The van der Waals surface area contributed by atoms with Crippen molar-refractivity contribution in [3.63, 3.8) is 0 Å². The van der Waals surface area contributed by atoms with Crippen molar-refractivity contribution in [3.05, 3.63) is 34.4 Å². The molecule has 2 fully saturated rings. The van der Waals surface area contributed by atoms with E-state index in [9.17, 15) is 10.1 Å². The Kier molecular flexibility index (Phi) is 5.30. The monoisotopic (exact) mass is 363 g/mol. The van der Waals surface area contributed by atoms with Crippen LogP contribution in [0.25, 0.3) is 0 Å². The van der Waals surface area contributed by atoms with E-state index in [2.05, 4.69) is 49.3 Å². The zero-order chi connectivity index (χ0) is 18.2. The van der Waals surface area contributed by atoms with Crippen LogP contribution in [0.3, 0.4) is 0 Å². The van der Waals surface area contributed by atoms with Crippen LogP contribution in [0.2, 0.25) is 0 Å². The molecular formula is C19H29N3O2S. The van der Waals surface area contributed by atoms with Gasteiger partial charge in [-0.2, -0.15) is 0 Å². The normalized spacial score (nSPS) is 27.2. The first-order valence-electron chi connectivity index (χ1n) is 9.33. The summed E-state index contributed by atoms with van der Waals surface area (Å²) in [7, 11) is 0. The summed E-state index contributed by atoms with van der Waals surface area (Å²) in [5, 5.41) is 10.9. The van der Waals surface area contributed by atoms with Crippen molar-refractivity contribution >= 4 is 23.1 Å². The van der Waals surface area contributed by atoms with Crippen LogP contribution in [-0.2, 0) is 0 Å². The van der Waals surface area contributed by atoms with Crippen molar-refractivity contribution in [1.82, 2.24) is 4.90 Å². The second kappa shape index (κ2) is 7.16. The summed E-state index contributed by atoms with van der Waals surface area (Å²) < 4.78 is 0. The first-order valence-corrected chi connectivity index (χ1v) is 10.3. The first-order chi connectivity index (χ1) is 11.9. The molecule has 138 valence electrons. The Morgan fingerprint density at radius 1 is 1.32 bits per heavy atom. The third-order valence-corrected chi connectivity index (χ3v) is 6.86. The van der Waals surface area contributed by atoms with E-state index < -0.39 is 0 Å². The average molecular weight is 364 g/mol. The molecule has 0 aromatic heterocycles. The van der Waals surface area contributed by atoms with Crippen LogP contribution < -0.4 is 4.90 Å². The zero-order valence-electron chi connectivity index (χ0n) is 15.6. The van der Waals surface area contributed by atoms with Crippen molar-refractivity contribution < 1.29 is 4.92 Å². The predicted octanol–water partition coefficient (Wildman–Crippen LogP) is 4.72. The van der Waals surface area contributed by atoms with Crippen LogP contribution >= 0.6 is 11.8 Å². The van der Waals surface area contributed by atoms with E-state index in [-0.39, 0.29) is 15.6 Å². The number of thioether (sulfide) groups is 1. The molecule has 2 saturated heterocycles. The summed E-state index contributed by atoms with van der Waals surface area (Å²) in [6, 6.07) is 8.21. The molecular weight excluding hydrogens is 334 g/mol. The molecule has 2 heterocycles. The average Bonchev–Trinajstić information content (AvgIpc) is 3.16. The third-order valence-electron chi connectivity index (χ3n) is 5.28. The molecule has 6 heteroatoms. The number of hydrogen-bond acceptors (Lipinski definition) is 5. The topological polar surface area (TPSA) is 49.4 Å². The molecule has 0 N–H and O–H groups in total. The van der Waals surface area contributed by atoms with Gasteiger partial charge in [0.05, 0.1) is 11.5 Å². The summed E-state index contributed by atoms with van der Waals surface area (Å²) in [5.41, 5.74) is 1.25. The maximum Gasteiger partial charge on any atom is 0.269 e. The van der Waals surface area contributed by atoms with E-state index in [0.29, 0.717) is 18.0 Å². The molecule has 0 amide bonds. The van der Waals surface area contributed by atoms with Gasteiger partial charge in [0, 0.05) is 35.7 Å². The summed E-state index contributed by atoms with van der Waals surface area (Å²) in [4.78, 5) is 15.8. The Morgan fingerprint density at radius 2 is 2.00 bits per heavy atom. The molecule has 0 aliphatic carbocycles. The van der Waals surface area contributed by atoms with Crippen molar-refractivity contribution in [1.29, 1.82) is 0 Å². The van der Waals surface area contributed by atoms with Gasteiger partial charge in [-0.25, -0.2) is 0 Å². The number of nitro benzene ring substituents is 1. The summed E-state index contributed by atoms with van der Waals surface area (Å²) in [6.45, 7) is 10.2. The number of nitrogens with zero attached hydrogens (tertiary/aromatic N) is 3. The number of benzene rings is 1. The van der Waals surface area contributed by atoms with Crippen molar-refractivity contribution in [2.24, 2.45) is 5.92 Å². The van der Waals surface area contributed by atoms with Crippen LogP contribution in [0.1, 0.15) is 47.0 Å². The smallest absolute Gasteiger partial charge is 0.269 e. The van der Waals surface area contributed by atoms with Crippen LogP contribution in [0, 0.1) is 16.0 Å². The lowest BCUT2D eigenvalue weighted by atomic mass is 10.0. The molecule has 1 aromatic rings. The Morgan fingerprint density at radius 3 is 2.56 bits per heavy atom. The lowest BCUT2D eigenvalue weighted by Gasteiger charge is -2.36. The Balaban J connectivity index is 1.81. The summed E-state index contributed by atoms with van der Waals surface area (Å²) in [5.74, 6) is 1.87. The SMILES string of the molecule is CCCC(C)N1[C@@H](CC(C)C)CSC12CN2c1ccc([N+](=O)[O-])cc1. The molecule has 5 nitrogen and oxygen atoms in total. The number of rotatable bonds is 7. The second-order valence-corrected chi connectivity index (χ2v) is 9.02. The highest BCUT2D eigenvalue weighted by atomic mass is 32.2. The lowest BCUT2D eigenvalue weighted by molar-refractivity contribution is -0.384. The maximum absolute atomic E-state index is 10.9. The molecule has 0 bridgehead atoms. The molecule has 3 rings (SSSR count). The van der Waals surface area contributed by atoms with Gasteiger partial charge < -0.3 is 4.90 Å². The molecule has 2 unspecified atom stereocenters. The Bertz CT molecular complexity index is 622. The lowest BCUT2D eigenvalue weighted by Crippen LogP contribution is -2.47. The van der Waals surface area contributed by atoms with Gasteiger partial charge >= 0.3 is 0 Å². The van der Waals surface area contributed by atoms with E-state index in [4.69, 9.17) is 0 Å². The third kappa shape index (κ3) is 3.51. The highest BCUT2D eigenvalue weighted by molar-refractivity contribution is 8.01. The molecule has 1 spiro atoms. The first kappa shape index (κ1) is 18.5. The highest BCUT2D eigenvalue weighted by Gasteiger charge is 2.63. The van der Waals surface area contributed by atoms with Gasteiger partial charge in [-0.15, -0.1) is 11.8 Å². The van der Waals surface area contributed by atoms with E-state index in [1.165, 1.54) is 25.0 Å². The largest absolute Gasteiger partial charge is 0.338 e. The fourth-order valence-electron chi connectivity index (χ4n) is 4.22. The van der Waals surface area contributed by atoms with Gasteiger partial charge in [0.2, 0.25) is 0 Å². The Hall–Kier alpha value is -1.27. The van der Waals surface area contributed by atoms with Crippen molar-refractivity contribution in [3.8, 4) is 0 Å². The van der Waals surface area contributed by atoms with Gasteiger partial charge in [0.15, 0.2) is 4.99 Å². The standard InChI is InChI=1S/C19H29N3O2S/c1-5-6-15(4)21-18(11-14(2)3)12-25-19(21)13-20(19)16-7-9-17(10-8-16)22(23)24/h7-10,14-15,18H,5-6,11-13H2,1-4H3/t15?,18-,19?,20?/m0/s1. The summed E-state index contributed by atoms with van der Waals surface area (Å²) >= 11 is 2.05. The van der Waals surface area contributed by atoms with Crippen molar-refractivity contribution in [2.45, 2.75) is 64.0 Å². The Labute approximate surface area is 154 Å². The van der Waals surface area contributed by atoms with Gasteiger partial charge in [-0.1, -0.05) is 27.2 Å². The quantitative estimate of drug-likeness (QED) is 0.398. The van der Waals surface area contributed by atoms with Gasteiger partial charge in [0.1, 0.15) is 0 Å². The molecule has 2 aliphatic rings. The van der Waals surface area contributed by atoms with Crippen LogP contribution in [-0.4, -0.2) is 39.2 Å². The minimum Gasteiger partial charge on any atom is -0.338 e. The fraction of sp³-hybridized carbons (Fsp3) is 0.684. The fourth-order valence-corrected chi connectivity index (χ4v) is 5.93. The van der Waals surface area contributed by atoms with Gasteiger partial charge in [-0.3, -0.25) is 15.0 Å². The van der Waals surface area contributed by atoms with E-state index in [1.807, 2.05) is 12.1 Å².